The minimum atomic E-state index is -3.49. The Hall–Kier alpha value is -0.750. The molecule has 0 saturated carbocycles. The van der Waals surface area contributed by atoms with Gasteiger partial charge in [-0.2, -0.15) is 8.78 Å². The number of ether oxygens (including phenoxy) is 1. The van der Waals surface area contributed by atoms with Gasteiger partial charge in [-0.05, 0) is 23.3 Å². The zero-order valence-corrected chi connectivity index (χ0v) is 10.8. The van der Waals surface area contributed by atoms with E-state index in [-0.39, 0.29) is 17.4 Å². The smallest absolute Gasteiger partial charge is 0.398 e. The molecule has 2 nitrogen and oxygen atoms in total. The summed E-state index contributed by atoms with van der Waals surface area (Å²) < 4.78 is 30.6. The van der Waals surface area contributed by atoms with Gasteiger partial charge in [0.25, 0.3) is 0 Å². The quantitative estimate of drug-likeness (QED) is 0.585. The van der Waals surface area contributed by atoms with E-state index < -0.39 is 11.2 Å². The van der Waals surface area contributed by atoms with E-state index >= 15 is 0 Å². The molecule has 6 heteroatoms. The summed E-state index contributed by atoms with van der Waals surface area (Å²) in [5.74, 6) is -1.06. The second-order valence-corrected chi connectivity index (χ2v) is 5.48. The van der Waals surface area contributed by atoms with Crippen LogP contribution in [0.25, 0.3) is 0 Å². The molecular formula is C11H12F2O2S2. The first kappa shape index (κ1) is 14.3. The molecule has 1 aromatic rings. The lowest BCUT2D eigenvalue weighted by molar-refractivity contribution is -0.159. The Morgan fingerprint density at radius 3 is 2.59 bits per heavy atom. The van der Waals surface area contributed by atoms with E-state index in [2.05, 4.69) is 4.74 Å². The molecule has 0 aliphatic carbocycles. The van der Waals surface area contributed by atoms with Crippen molar-refractivity contribution in [1.29, 1.82) is 0 Å². The van der Waals surface area contributed by atoms with Crippen molar-refractivity contribution in [3.05, 3.63) is 35.9 Å². The fourth-order valence-electron chi connectivity index (χ4n) is 0.995. The predicted octanol–water partition coefficient (Wildman–Crippen LogP) is 3.72. The van der Waals surface area contributed by atoms with Crippen LogP contribution in [0.1, 0.15) is 12.5 Å². The van der Waals surface area contributed by atoms with Crippen molar-refractivity contribution in [2.75, 3.05) is 6.61 Å². The van der Waals surface area contributed by atoms with E-state index in [9.17, 15) is 13.6 Å². The molecule has 0 aliphatic heterocycles. The predicted molar refractivity (Wildman–Crippen MR) is 66.9 cm³/mol. The highest BCUT2D eigenvalue weighted by Crippen LogP contribution is 2.41. The van der Waals surface area contributed by atoms with Gasteiger partial charge in [-0.15, -0.1) is 0 Å². The van der Waals surface area contributed by atoms with Gasteiger partial charge in [0, 0.05) is 5.75 Å². The Bertz CT molecular complexity index is 358. The van der Waals surface area contributed by atoms with Crippen molar-refractivity contribution in [2.24, 2.45) is 0 Å². The molecule has 94 valence electrons. The van der Waals surface area contributed by atoms with E-state index in [0.717, 1.165) is 16.4 Å². The van der Waals surface area contributed by atoms with Crippen molar-refractivity contribution in [3.63, 3.8) is 0 Å². The molecule has 17 heavy (non-hydrogen) atoms. The summed E-state index contributed by atoms with van der Waals surface area (Å²) in [5.41, 5.74) is 0.935. The Kier molecular flexibility index (Phi) is 5.77. The number of hydrogen-bond acceptors (Lipinski definition) is 4. The second kappa shape index (κ2) is 6.86. The van der Waals surface area contributed by atoms with Gasteiger partial charge in [0.2, 0.25) is 0 Å². The summed E-state index contributed by atoms with van der Waals surface area (Å²) in [6, 6.07) is 9.22. The summed E-state index contributed by atoms with van der Waals surface area (Å²) in [6.07, 6.45) is 0. The topological polar surface area (TPSA) is 26.3 Å². The normalized spacial score (nSPS) is 11.2. The Morgan fingerprint density at radius 2 is 2.00 bits per heavy atom. The number of rotatable bonds is 6. The number of carbonyl (C=O) groups is 1. The van der Waals surface area contributed by atoms with Crippen LogP contribution in [0.4, 0.5) is 8.78 Å². The molecule has 1 aromatic carbocycles. The van der Waals surface area contributed by atoms with E-state index in [4.69, 9.17) is 0 Å². The average molecular weight is 278 g/mol. The Morgan fingerprint density at radius 1 is 1.35 bits per heavy atom. The van der Waals surface area contributed by atoms with Crippen LogP contribution >= 0.6 is 21.6 Å². The van der Waals surface area contributed by atoms with Gasteiger partial charge in [-0.3, -0.25) is 0 Å². The van der Waals surface area contributed by atoms with Gasteiger partial charge < -0.3 is 4.74 Å². The summed E-state index contributed by atoms with van der Waals surface area (Å²) in [4.78, 5) is 10.9. The SMILES string of the molecule is CCOC(=O)C(F)(F)SSCc1ccccc1. The molecule has 0 unspecified atom stereocenters. The van der Waals surface area contributed by atoms with Crippen molar-refractivity contribution in [2.45, 2.75) is 17.9 Å². The minimum absolute atomic E-state index is 0.0433. The van der Waals surface area contributed by atoms with Crippen molar-refractivity contribution < 1.29 is 18.3 Å². The summed E-state index contributed by atoms with van der Waals surface area (Å²) >= 11 is 0. The molecular weight excluding hydrogens is 266 g/mol. The Labute approximate surface area is 107 Å². The largest absolute Gasteiger partial charge is 0.461 e. The molecule has 0 amide bonds. The van der Waals surface area contributed by atoms with Gasteiger partial charge in [0.05, 0.1) is 6.61 Å². The molecule has 0 atom stereocenters. The van der Waals surface area contributed by atoms with E-state index in [1.54, 1.807) is 0 Å². The van der Waals surface area contributed by atoms with Gasteiger partial charge in [-0.1, -0.05) is 41.1 Å². The third kappa shape index (κ3) is 4.95. The standard InChI is InChI=1S/C11H12F2O2S2/c1-2-15-10(14)11(12,13)17-16-8-9-6-4-3-5-7-9/h3-7H,2,8H2,1H3. The minimum Gasteiger partial charge on any atom is -0.461 e. The first-order chi connectivity index (χ1) is 8.06. The molecule has 0 N–H and O–H groups in total. The molecule has 1 rings (SSSR count). The molecule has 0 spiro atoms. The van der Waals surface area contributed by atoms with Gasteiger partial charge in [0.1, 0.15) is 0 Å². The van der Waals surface area contributed by atoms with Crippen LogP contribution in [0.2, 0.25) is 0 Å². The lowest BCUT2D eigenvalue weighted by Crippen LogP contribution is -2.26. The van der Waals surface area contributed by atoms with Crippen LogP contribution in [0.15, 0.2) is 30.3 Å². The number of benzene rings is 1. The molecule has 0 saturated heterocycles. The molecule has 0 radical (unpaired) electrons. The van der Waals surface area contributed by atoms with Crippen molar-refractivity contribution >= 4 is 27.6 Å². The highest BCUT2D eigenvalue weighted by atomic mass is 33.1. The summed E-state index contributed by atoms with van der Waals surface area (Å²) in [6.45, 7) is 1.45. The van der Waals surface area contributed by atoms with Crippen LogP contribution in [0.5, 0.6) is 0 Å². The maximum Gasteiger partial charge on any atom is 0.398 e. The first-order valence-electron chi connectivity index (χ1n) is 4.96. The maximum absolute atomic E-state index is 13.2. The van der Waals surface area contributed by atoms with Gasteiger partial charge >= 0.3 is 11.2 Å². The highest BCUT2D eigenvalue weighted by Gasteiger charge is 2.41. The number of halogens is 2. The van der Waals surface area contributed by atoms with Gasteiger partial charge in [0.15, 0.2) is 0 Å². The fourth-order valence-corrected chi connectivity index (χ4v) is 2.89. The molecule has 0 heterocycles. The molecule has 0 aromatic heterocycles. The van der Waals surface area contributed by atoms with Crippen LogP contribution in [0, 0.1) is 0 Å². The highest BCUT2D eigenvalue weighted by molar-refractivity contribution is 8.77. The third-order valence-corrected chi connectivity index (χ3v) is 4.03. The summed E-state index contributed by atoms with van der Waals surface area (Å²) in [7, 11) is 1.16. The van der Waals surface area contributed by atoms with Crippen molar-refractivity contribution in [3.8, 4) is 0 Å². The fraction of sp³-hybridized carbons (Fsp3) is 0.364. The average Bonchev–Trinajstić information content (AvgIpc) is 2.30. The van der Waals surface area contributed by atoms with Crippen LogP contribution in [0.3, 0.4) is 0 Å². The second-order valence-electron chi connectivity index (χ2n) is 3.07. The lowest BCUT2D eigenvalue weighted by Gasteiger charge is -2.12. The van der Waals surface area contributed by atoms with Crippen LogP contribution in [-0.4, -0.2) is 17.8 Å². The number of esters is 1. The van der Waals surface area contributed by atoms with Crippen molar-refractivity contribution in [1.82, 2.24) is 0 Å². The van der Waals surface area contributed by atoms with E-state index in [1.165, 1.54) is 6.92 Å². The lowest BCUT2D eigenvalue weighted by atomic mass is 10.2. The van der Waals surface area contributed by atoms with Crippen LogP contribution < -0.4 is 0 Å². The zero-order chi connectivity index (χ0) is 12.7. The Balaban J connectivity index is 2.37. The maximum atomic E-state index is 13.2. The van der Waals surface area contributed by atoms with Crippen LogP contribution in [-0.2, 0) is 15.3 Å². The first-order valence-corrected chi connectivity index (χ1v) is 7.27. The molecule has 0 aliphatic rings. The number of carbonyl (C=O) groups excluding carboxylic acids is 1. The molecule has 0 fully saturated rings. The zero-order valence-electron chi connectivity index (χ0n) is 9.19. The van der Waals surface area contributed by atoms with Gasteiger partial charge in [-0.25, -0.2) is 4.79 Å². The number of alkyl halides is 2. The van der Waals surface area contributed by atoms with E-state index in [1.807, 2.05) is 30.3 Å². The summed E-state index contributed by atoms with van der Waals surface area (Å²) in [5, 5.41) is -3.49. The molecule has 0 bridgehead atoms. The number of hydrogen-bond donors (Lipinski definition) is 0. The third-order valence-electron chi connectivity index (χ3n) is 1.75. The monoisotopic (exact) mass is 278 g/mol. The van der Waals surface area contributed by atoms with E-state index in [0.29, 0.717) is 5.75 Å².